The van der Waals surface area contributed by atoms with E-state index in [1.54, 1.807) is 4.90 Å². The van der Waals surface area contributed by atoms with Crippen molar-refractivity contribution < 1.29 is 19.6 Å². The first-order valence-corrected chi connectivity index (χ1v) is 10.3. The molecule has 0 bridgehead atoms. The van der Waals surface area contributed by atoms with E-state index in [-0.39, 0.29) is 30.1 Å². The molecule has 2 heterocycles. The first kappa shape index (κ1) is 20.7. The van der Waals surface area contributed by atoms with Crippen LogP contribution >= 0.6 is 0 Å². The summed E-state index contributed by atoms with van der Waals surface area (Å²) in [4.78, 5) is 43.3. The van der Waals surface area contributed by atoms with E-state index in [1.165, 1.54) is 0 Å². The third kappa shape index (κ3) is 4.69. The number of hydroxylamine groups is 2. The number of carbonyl (C=O) groups excluding carboxylic acids is 3. The molecule has 7 nitrogen and oxygen atoms in total. The Hall–Kier alpha value is -2.02. The number of Topliss-reactive ketones (excluding diaryl/α,β-unsaturated/α-hetero) is 1. The second kappa shape index (κ2) is 8.55. The highest BCUT2D eigenvalue weighted by molar-refractivity contribution is 6.11. The van der Waals surface area contributed by atoms with Crippen molar-refractivity contribution in [3.05, 3.63) is 11.6 Å². The molecule has 1 saturated carbocycles. The Balaban J connectivity index is 1.73. The maximum atomic E-state index is 13.3. The van der Waals surface area contributed by atoms with Gasteiger partial charge in [-0.25, -0.2) is 5.06 Å². The van der Waals surface area contributed by atoms with Crippen LogP contribution in [-0.2, 0) is 14.4 Å². The minimum atomic E-state index is -0.481. The van der Waals surface area contributed by atoms with Crippen molar-refractivity contribution in [2.45, 2.75) is 64.8 Å². The van der Waals surface area contributed by atoms with Crippen molar-refractivity contribution in [1.29, 1.82) is 0 Å². The molecule has 1 N–H and O–H groups in total. The summed E-state index contributed by atoms with van der Waals surface area (Å²) >= 11 is 0. The molecular formula is C21H31N3O4. The fourth-order valence-corrected chi connectivity index (χ4v) is 4.37. The molecule has 2 aliphatic heterocycles. The van der Waals surface area contributed by atoms with Gasteiger partial charge in [0.05, 0.1) is 31.5 Å². The lowest BCUT2D eigenvalue weighted by molar-refractivity contribution is -0.158. The van der Waals surface area contributed by atoms with Crippen LogP contribution in [-0.4, -0.2) is 64.7 Å². The average Bonchev–Trinajstić information content (AvgIpc) is 3.12. The molecule has 3 aliphatic rings. The molecular weight excluding hydrogens is 358 g/mol. The standard InChI is InChI=1S/C21H31N3O4/c1-3-4-5-16(12-23(28)14-25)20(27)24-13-21(6-7-21)10-18(24)19(26)9-17-8-15(2)11-22-17/h8,14,16,18,28H,3-7,9-13H2,1-2H3/t16-,18+/m1/s1. The first-order valence-electron chi connectivity index (χ1n) is 10.3. The van der Waals surface area contributed by atoms with Gasteiger partial charge < -0.3 is 4.90 Å². The van der Waals surface area contributed by atoms with E-state index in [4.69, 9.17) is 0 Å². The average molecular weight is 389 g/mol. The molecule has 0 aromatic carbocycles. The molecule has 1 spiro atoms. The monoisotopic (exact) mass is 389 g/mol. The molecule has 7 heteroatoms. The Morgan fingerprint density at radius 1 is 1.46 bits per heavy atom. The van der Waals surface area contributed by atoms with E-state index in [9.17, 15) is 19.6 Å². The molecule has 0 aromatic rings. The molecule has 2 amide bonds. The number of allylic oxidation sites excluding steroid dienone is 1. The minimum Gasteiger partial charge on any atom is -0.332 e. The number of hydrogen-bond acceptors (Lipinski definition) is 5. The number of carbonyl (C=O) groups is 3. The summed E-state index contributed by atoms with van der Waals surface area (Å²) in [5.41, 5.74) is 2.05. The van der Waals surface area contributed by atoms with Gasteiger partial charge in [0.2, 0.25) is 12.3 Å². The van der Waals surface area contributed by atoms with Crippen molar-refractivity contribution >= 4 is 23.8 Å². The first-order chi connectivity index (χ1) is 13.4. The zero-order valence-corrected chi connectivity index (χ0v) is 16.9. The lowest BCUT2D eigenvalue weighted by Crippen LogP contribution is -2.46. The van der Waals surface area contributed by atoms with Crippen LogP contribution in [0.15, 0.2) is 16.6 Å². The molecule has 3 rings (SSSR count). The number of rotatable bonds is 10. The van der Waals surface area contributed by atoms with Crippen LogP contribution in [0.1, 0.15) is 58.8 Å². The highest BCUT2D eigenvalue weighted by atomic mass is 16.5. The fraction of sp³-hybridized carbons (Fsp3) is 0.714. The van der Waals surface area contributed by atoms with E-state index in [0.29, 0.717) is 31.0 Å². The van der Waals surface area contributed by atoms with Gasteiger partial charge in [0.1, 0.15) is 0 Å². The van der Waals surface area contributed by atoms with E-state index in [1.807, 2.05) is 19.9 Å². The van der Waals surface area contributed by atoms with Gasteiger partial charge in [0, 0.05) is 12.3 Å². The number of nitrogens with zero attached hydrogens (tertiary/aromatic N) is 3. The Labute approximate surface area is 166 Å². The van der Waals surface area contributed by atoms with Crippen LogP contribution in [0.25, 0.3) is 0 Å². The van der Waals surface area contributed by atoms with Gasteiger partial charge in [0.15, 0.2) is 5.78 Å². The lowest BCUT2D eigenvalue weighted by atomic mass is 9.97. The molecule has 1 aliphatic carbocycles. The van der Waals surface area contributed by atoms with Gasteiger partial charge in [-0.15, -0.1) is 0 Å². The topological polar surface area (TPSA) is 90.3 Å². The summed E-state index contributed by atoms with van der Waals surface area (Å²) in [5, 5.41) is 10.2. The number of amides is 2. The van der Waals surface area contributed by atoms with Crippen LogP contribution < -0.4 is 0 Å². The molecule has 0 radical (unpaired) electrons. The number of unbranched alkanes of at least 4 members (excludes halogenated alkanes) is 1. The van der Waals surface area contributed by atoms with Gasteiger partial charge in [0.25, 0.3) is 0 Å². The highest BCUT2D eigenvalue weighted by Crippen LogP contribution is 2.55. The van der Waals surface area contributed by atoms with E-state index < -0.39 is 12.0 Å². The molecule has 0 aromatic heterocycles. The predicted molar refractivity (Wildman–Crippen MR) is 105 cm³/mol. The maximum Gasteiger partial charge on any atom is 0.233 e. The summed E-state index contributed by atoms with van der Waals surface area (Å²) in [5.74, 6) is -0.547. The number of aliphatic imine (C=N–C) groups is 1. The zero-order chi connectivity index (χ0) is 20.3. The number of hydrogen-bond donors (Lipinski definition) is 1. The SMILES string of the molecule is CCCC[C@H](CN(O)C=O)C(=O)N1CC2(CC2)C[C@H]1C(=O)CC1=NCC(C)=C1. The van der Waals surface area contributed by atoms with Crippen LogP contribution in [0.5, 0.6) is 0 Å². The summed E-state index contributed by atoms with van der Waals surface area (Å²) in [6.07, 6.45) is 7.75. The predicted octanol–water partition coefficient (Wildman–Crippen LogP) is 2.38. The molecule has 1 saturated heterocycles. The largest absolute Gasteiger partial charge is 0.332 e. The molecule has 2 fully saturated rings. The Kier molecular flexibility index (Phi) is 6.33. The number of likely N-dealkylation sites (tertiary alicyclic amines) is 1. The van der Waals surface area contributed by atoms with Crippen molar-refractivity contribution in [2.24, 2.45) is 16.3 Å². The zero-order valence-electron chi connectivity index (χ0n) is 16.9. The van der Waals surface area contributed by atoms with Crippen LogP contribution in [0, 0.1) is 11.3 Å². The van der Waals surface area contributed by atoms with Crippen LogP contribution in [0.4, 0.5) is 0 Å². The lowest BCUT2D eigenvalue weighted by Gasteiger charge is -2.29. The maximum absolute atomic E-state index is 13.3. The van der Waals surface area contributed by atoms with Gasteiger partial charge in [-0.2, -0.15) is 0 Å². The highest BCUT2D eigenvalue weighted by Gasteiger charge is 2.55. The second-order valence-electron chi connectivity index (χ2n) is 8.69. The van der Waals surface area contributed by atoms with Gasteiger partial charge in [-0.3, -0.25) is 24.6 Å². The smallest absolute Gasteiger partial charge is 0.233 e. The van der Waals surface area contributed by atoms with Crippen LogP contribution in [0.2, 0.25) is 0 Å². The molecule has 154 valence electrons. The Morgan fingerprint density at radius 3 is 2.79 bits per heavy atom. The normalized spacial score (nSPS) is 23.4. The van der Waals surface area contributed by atoms with Crippen molar-refractivity contribution in [2.75, 3.05) is 19.6 Å². The Morgan fingerprint density at radius 2 is 2.21 bits per heavy atom. The fourth-order valence-electron chi connectivity index (χ4n) is 4.37. The van der Waals surface area contributed by atoms with Crippen molar-refractivity contribution in [1.82, 2.24) is 9.96 Å². The third-order valence-electron chi connectivity index (χ3n) is 6.20. The molecule has 2 atom stereocenters. The quantitative estimate of drug-likeness (QED) is 0.353. The minimum absolute atomic E-state index is 0.0264. The summed E-state index contributed by atoms with van der Waals surface area (Å²) < 4.78 is 0. The van der Waals surface area contributed by atoms with Gasteiger partial charge >= 0.3 is 0 Å². The molecule has 0 unspecified atom stereocenters. The van der Waals surface area contributed by atoms with Crippen molar-refractivity contribution in [3.63, 3.8) is 0 Å². The van der Waals surface area contributed by atoms with E-state index in [2.05, 4.69) is 4.99 Å². The van der Waals surface area contributed by atoms with Crippen molar-refractivity contribution in [3.8, 4) is 0 Å². The molecule has 28 heavy (non-hydrogen) atoms. The van der Waals surface area contributed by atoms with E-state index in [0.717, 1.165) is 43.4 Å². The number of ketones is 1. The summed E-state index contributed by atoms with van der Waals surface area (Å²) in [6.45, 7) is 5.27. The second-order valence-corrected chi connectivity index (χ2v) is 8.69. The van der Waals surface area contributed by atoms with Gasteiger partial charge in [-0.05, 0) is 44.1 Å². The third-order valence-corrected chi connectivity index (χ3v) is 6.20. The van der Waals surface area contributed by atoms with Crippen LogP contribution in [0.3, 0.4) is 0 Å². The van der Waals surface area contributed by atoms with Gasteiger partial charge in [-0.1, -0.05) is 25.3 Å². The summed E-state index contributed by atoms with van der Waals surface area (Å²) in [7, 11) is 0. The summed E-state index contributed by atoms with van der Waals surface area (Å²) in [6, 6.07) is -0.417. The van der Waals surface area contributed by atoms with E-state index >= 15 is 0 Å². The Bertz CT molecular complexity index is 696.